The third-order valence-electron chi connectivity index (χ3n) is 10.3. The molecule has 0 aromatic heterocycles. The first kappa shape index (κ1) is 56.2. The Morgan fingerprint density at radius 1 is 0.246 bits per heavy atom. The second-order valence-corrected chi connectivity index (χ2v) is 15.8. The maximum atomic E-state index is 11.9. The number of carbonyl (C=O) groups is 1. The first-order valence-corrected chi connectivity index (χ1v) is 24.5. The molecular formula is C48H96O9. The first-order chi connectivity index (χ1) is 28.3. The Kier molecular flexibility index (Phi) is 52.5. The Morgan fingerprint density at radius 3 is 0.737 bits per heavy atom. The number of hydrogen-bond donors (Lipinski definition) is 0. The van der Waals surface area contributed by atoms with E-state index in [1.807, 2.05) is 0 Å². The van der Waals surface area contributed by atoms with Gasteiger partial charge in [-0.05, 0) is 12.8 Å². The van der Waals surface area contributed by atoms with E-state index in [4.69, 9.17) is 37.9 Å². The molecule has 0 radical (unpaired) electrons. The van der Waals surface area contributed by atoms with Crippen molar-refractivity contribution in [1.82, 2.24) is 0 Å². The minimum Gasteiger partial charge on any atom is -0.463 e. The summed E-state index contributed by atoms with van der Waals surface area (Å²) in [5, 5.41) is 0. The zero-order valence-corrected chi connectivity index (χ0v) is 38.0. The monoisotopic (exact) mass is 817 g/mol. The predicted molar refractivity (Wildman–Crippen MR) is 237 cm³/mol. The van der Waals surface area contributed by atoms with Crippen LogP contribution in [0.5, 0.6) is 0 Å². The van der Waals surface area contributed by atoms with E-state index >= 15 is 0 Å². The number of esters is 1. The molecule has 0 unspecified atom stereocenters. The lowest BCUT2D eigenvalue weighted by molar-refractivity contribution is -0.145. The van der Waals surface area contributed by atoms with E-state index in [2.05, 4.69) is 13.8 Å². The van der Waals surface area contributed by atoms with Crippen LogP contribution in [0.4, 0.5) is 0 Å². The van der Waals surface area contributed by atoms with Gasteiger partial charge in [0.2, 0.25) is 0 Å². The molecule has 0 rings (SSSR count). The molecule has 342 valence electrons. The van der Waals surface area contributed by atoms with E-state index in [0.29, 0.717) is 98.9 Å². The minimum absolute atomic E-state index is 0.122. The fourth-order valence-corrected chi connectivity index (χ4v) is 6.75. The summed E-state index contributed by atoms with van der Waals surface area (Å²) in [6, 6.07) is 0. The van der Waals surface area contributed by atoms with Gasteiger partial charge in [0.25, 0.3) is 0 Å². The summed E-state index contributed by atoms with van der Waals surface area (Å²) in [5.74, 6) is -0.122. The molecule has 0 saturated carbocycles. The number of carbonyl (C=O) groups excluding carboxylic acids is 1. The van der Waals surface area contributed by atoms with Crippen molar-refractivity contribution in [3.8, 4) is 0 Å². The van der Waals surface area contributed by atoms with Crippen molar-refractivity contribution in [2.45, 2.75) is 206 Å². The predicted octanol–water partition coefficient (Wildman–Crippen LogP) is 12.4. The smallest absolute Gasteiger partial charge is 0.305 e. The Bertz CT molecular complexity index is 726. The Labute approximate surface area is 353 Å². The molecule has 9 nitrogen and oxygen atoms in total. The van der Waals surface area contributed by atoms with Crippen LogP contribution in [0.3, 0.4) is 0 Å². The van der Waals surface area contributed by atoms with Gasteiger partial charge >= 0.3 is 5.97 Å². The van der Waals surface area contributed by atoms with Gasteiger partial charge < -0.3 is 37.9 Å². The van der Waals surface area contributed by atoms with Crippen molar-refractivity contribution in [3.05, 3.63) is 0 Å². The summed E-state index contributed by atoms with van der Waals surface area (Å²) >= 11 is 0. The van der Waals surface area contributed by atoms with Gasteiger partial charge in [-0.25, -0.2) is 0 Å². The summed E-state index contributed by atoms with van der Waals surface area (Å²) in [7, 11) is 0. The zero-order chi connectivity index (χ0) is 41.1. The molecule has 0 bridgehead atoms. The SMILES string of the molecule is CCCCCCCCCCCCCCCCCCOCCOCCOCCOCCOCCOCCOCCOC(=O)CCCCCCCCCCCCCCC. The van der Waals surface area contributed by atoms with Gasteiger partial charge in [0.05, 0.1) is 85.9 Å². The van der Waals surface area contributed by atoms with E-state index in [1.165, 1.54) is 167 Å². The highest BCUT2D eigenvalue weighted by atomic mass is 16.6. The molecule has 57 heavy (non-hydrogen) atoms. The van der Waals surface area contributed by atoms with E-state index in [0.717, 1.165) is 25.9 Å². The number of rotatable bonds is 52. The largest absolute Gasteiger partial charge is 0.463 e. The van der Waals surface area contributed by atoms with Crippen molar-refractivity contribution in [3.63, 3.8) is 0 Å². The molecule has 0 saturated heterocycles. The third-order valence-corrected chi connectivity index (χ3v) is 10.3. The number of unbranched alkanes of at least 4 members (excludes halogenated alkanes) is 27. The van der Waals surface area contributed by atoms with Gasteiger partial charge in [-0.1, -0.05) is 187 Å². The van der Waals surface area contributed by atoms with Crippen molar-refractivity contribution >= 4 is 5.97 Å². The highest BCUT2D eigenvalue weighted by Gasteiger charge is 2.03. The third kappa shape index (κ3) is 53.2. The topological polar surface area (TPSA) is 90.9 Å². The van der Waals surface area contributed by atoms with Crippen molar-refractivity contribution in [1.29, 1.82) is 0 Å². The highest BCUT2D eigenvalue weighted by Crippen LogP contribution is 2.15. The molecule has 0 spiro atoms. The van der Waals surface area contributed by atoms with Crippen LogP contribution in [-0.4, -0.2) is 105 Å². The fourth-order valence-electron chi connectivity index (χ4n) is 6.75. The van der Waals surface area contributed by atoms with Crippen LogP contribution >= 0.6 is 0 Å². The first-order valence-electron chi connectivity index (χ1n) is 24.5. The second kappa shape index (κ2) is 53.2. The van der Waals surface area contributed by atoms with E-state index < -0.39 is 0 Å². The summed E-state index contributed by atoms with van der Waals surface area (Å²) in [6.45, 7) is 12.6. The lowest BCUT2D eigenvalue weighted by Gasteiger charge is -2.09. The molecule has 0 aliphatic carbocycles. The standard InChI is InChI=1S/C48H96O9/c1-3-5-7-9-11-13-15-17-18-19-21-23-25-27-29-31-33-50-34-35-51-36-37-52-38-39-53-40-41-54-42-43-55-44-45-56-46-47-57-48(49)32-30-28-26-24-22-20-16-14-12-10-8-6-4-2/h3-47H2,1-2H3. The highest BCUT2D eigenvalue weighted by molar-refractivity contribution is 5.69. The molecule has 0 amide bonds. The van der Waals surface area contributed by atoms with Gasteiger partial charge in [-0.2, -0.15) is 0 Å². The van der Waals surface area contributed by atoms with Crippen LogP contribution < -0.4 is 0 Å². The summed E-state index contributed by atoms with van der Waals surface area (Å²) in [5.41, 5.74) is 0. The Hall–Kier alpha value is -0.810. The molecule has 9 heteroatoms. The minimum atomic E-state index is -0.122. The molecule has 0 aliphatic rings. The average Bonchev–Trinajstić information content (AvgIpc) is 3.22. The normalized spacial score (nSPS) is 11.5. The van der Waals surface area contributed by atoms with Crippen molar-refractivity contribution in [2.75, 3.05) is 99.1 Å². The molecule has 0 N–H and O–H groups in total. The van der Waals surface area contributed by atoms with E-state index in [9.17, 15) is 4.79 Å². The van der Waals surface area contributed by atoms with Crippen LogP contribution in [0.2, 0.25) is 0 Å². The number of hydrogen-bond acceptors (Lipinski definition) is 9. The maximum Gasteiger partial charge on any atom is 0.305 e. The molecular weight excluding hydrogens is 721 g/mol. The molecule has 0 aromatic rings. The summed E-state index contributed by atoms with van der Waals surface area (Å²) in [6.07, 6.45) is 39.6. The van der Waals surface area contributed by atoms with E-state index in [1.54, 1.807) is 0 Å². The van der Waals surface area contributed by atoms with Gasteiger partial charge in [-0.15, -0.1) is 0 Å². The molecule has 0 fully saturated rings. The van der Waals surface area contributed by atoms with Gasteiger partial charge in [-0.3, -0.25) is 4.79 Å². The van der Waals surface area contributed by atoms with Crippen LogP contribution in [0.1, 0.15) is 206 Å². The fraction of sp³-hybridized carbons (Fsp3) is 0.979. The summed E-state index contributed by atoms with van der Waals surface area (Å²) in [4.78, 5) is 11.9. The zero-order valence-electron chi connectivity index (χ0n) is 38.0. The second-order valence-electron chi connectivity index (χ2n) is 15.8. The van der Waals surface area contributed by atoms with Crippen LogP contribution in [0.15, 0.2) is 0 Å². The Balaban J connectivity index is 3.12. The molecule has 0 atom stereocenters. The molecule has 0 aliphatic heterocycles. The lowest BCUT2D eigenvalue weighted by Crippen LogP contribution is -2.15. The van der Waals surface area contributed by atoms with Gasteiger partial charge in [0.15, 0.2) is 0 Å². The van der Waals surface area contributed by atoms with Crippen LogP contribution in [0.25, 0.3) is 0 Å². The average molecular weight is 817 g/mol. The lowest BCUT2D eigenvalue weighted by atomic mass is 10.0. The van der Waals surface area contributed by atoms with Crippen LogP contribution in [-0.2, 0) is 42.7 Å². The molecule has 0 heterocycles. The van der Waals surface area contributed by atoms with E-state index in [-0.39, 0.29) is 5.97 Å². The molecule has 0 aromatic carbocycles. The van der Waals surface area contributed by atoms with Crippen molar-refractivity contribution in [2.24, 2.45) is 0 Å². The Morgan fingerprint density at radius 2 is 0.456 bits per heavy atom. The van der Waals surface area contributed by atoms with Crippen LogP contribution in [0, 0.1) is 0 Å². The van der Waals surface area contributed by atoms with Crippen molar-refractivity contribution < 1.29 is 42.7 Å². The van der Waals surface area contributed by atoms with Gasteiger partial charge in [0.1, 0.15) is 6.61 Å². The van der Waals surface area contributed by atoms with Gasteiger partial charge in [0, 0.05) is 13.0 Å². The maximum absolute atomic E-state index is 11.9. The summed E-state index contributed by atoms with van der Waals surface area (Å²) < 4.78 is 44.2. The number of ether oxygens (including phenoxy) is 8. The quantitative estimate of drug-likeness (QED) is 0.0439.